The lowest BCUT2D eigenvalue weighted by Gasteiger charge is -2.15. The fourth-order valence-electron chi connectivity index (χ4n) is 5.53. The van der Waals surface area contributed by atoms with Gasteiger partial charge < -0.3 is 20.9 Å². The van der Waals surface area contributed by atoms with Crippen molar-refractivity contribution in [2.75, 3.05) is 6.54 Å². The third-order valence-corrected chi connectivity index (χ3v) is 8.47. The smallest absolute Gasteiger partial charge is 0.326 e. The average Bonchev–Trinajstić information content (AvgIpc) is 3.04. The number of carboxylic acids is 1. The Morgan fingerprint density at radius 3 is 1.74 bits per heavy atom. The number of amides is 1. The second kappa shape index (κ2) is 34.2. The number of hydrogen-bond acceptors (Lipinski definition) is 5. The number of nitrogens with two attached hydrogens (primary N) is 1. The maximum absolute atomic E-state index is 12.6. The molecule has 0 heterocycles. The predicted molar refractivity (Wildman–Crippen MR) is 193 cm³/mol. The van der Waals surface area contributed by atoms with Crippen LogP contribution in [0.1, 0.15) is 187 Å². The largest absolute Gasteiger partial charge is 0.480 e. The van der Waals surface area contributed by atoms with Crippen LogP contribution >= 0.6 is 0 Å². The third kappa shape index (κ3) is 30.5. The summed E-state index contributed by atoms with van der Waals surface area (Å²) in [5.74, 6) is -1.34. The van der Waals surface area contributed by atoms with Gasteiger partial charge in [0.05, 0.1) is 0 Å². The zero-order valence-electron chi connectivity index (χ0n) is 29.9. The van der Waals surface area contributed by atoms with E-state index in [1.165, 1.54) is 89.9 Å². The number of aliphatic carboxylic acids is 1. The molecular formula is C39H72N2O5. The lowest BCUT2D eigenvalue weighted by molar-refractivity contribution is -0.147. The van der Waals surface area contributed by atoms with Gasteiger partial charge in [-0.05, 0) is 89.7 Å². The molecule has 0 saturated carbocycles. The topological polar surface area (TPSA) is 119 Å². The second-order valence-corrected chi connectivity index (χ2v) is 13.0. The molecule has 0 aliphatic heterocycles. The summed E-state index contributed by atoms with van der Waals surface area (Å²) < 4.78 is 5.90. The lowest BCUT2D eigenvalue weighted by atomic mass is 10.1. The molecule has 0 aliphatic carbocycles. The van der Waals surface area contributed by atoms with E-state index in [2.05, 4.69) is 43.5 Å². The number of hydrogen-bond donors (Lipinski definition) is 3. The van der Waals surface area contributed by atoms with E-state index in [0.717, 1.165) is 51.4 Å². The van der Waals surface area contributed by atoms with Gasteiger partial charge in [-0.25, -0.2) is 4.79 Å². The zero-order chi connectivity index (χ0) is 33.9. The first kappa shape index (κ1) is 43.9. The molecule has 0 rings (SSSR count). The Morgan fingerprint density at radius 1 is 0.630 bits per heavy atom. The van der Waals surface area contributed by atoms with Crippen LogP contribution in [0, 0.1) is 0 Å². The molecule has 0 aromatic heterocycles. The van der Waals surface area contributed by atoms with Crippen molar-refractivity contribution >= 4 is 17.8 Å². The van der Waals surface area contributed by atoms with Gasteiger partial charge in [-0.3, -0.25) is 9.59 Å². The van der Waals surface area contributed by atoms with E-state index < -0.39 is 12.0 Å². The number of ether oxygens (including phenoxy) is 1. The minimum Gasteiger partial charge on any atom is -0.480 e. The number of rotatable bonds is 34. The number of carbonyl (C=O) groups is 3. The summed E-state index contributed by atoms with van der Waals surface area (Å²) in [4.78, 5) is 36.2. The van der Waals surface area contributed by atoms with Crippen LogP contribution in [0.2, 0.25) is 0 Å². The Labute approximate surface area is 283 Å². The van der Waals surface area contributed by atoms with Gasteiger partial charge in [0, 0.05) is 12.8 Å². The Balaban J connectivity index is 4.38. The Hall–Kier alpha value is -2.15. The van der Waals surface area contributed by atoms with Gasteiger partial charge in [0.25, 0.3) is 0 Å². The summed E-state index contributed by atoms with van der Waals surface area (Å²) in [5.41, 5.74) is 5.47. The SMILES string of the molecule is CCCCC/C=C\CCCCCCCC(=O)OC(/C=C\CCCCCCCCC)CCCCCCC(=O)NC(CCCN)C(=O)O. The van der Waals surface area contributed by atoms with Crippen molar-refractivity contribution in [3.8, 4) is 0 Å². The molecule has 0 bridgehead atoms. The maximum atomic E-state index is 12.6. The highest BCUT2D eigenvalue weighted by Crippen LogP contribution is 2.15. The van der Waals surface area contributed by atoms with Crippen molar-refractivity contribution in [1.29, 1.82) is 0 Å². The molecule has 0 saturated heterocycles. The van der Waals surface area contributed by atoms with Gasteiger partial charge in [-0.15, -0.1) is 0 Å². The number of nitrogens with one attached hydrogen (secondary N) is 1. The van der Waals surface area contributed by atoms with Gasteiger partial charge >= 0.3 is 11.9 Å². The molecule has 0 aromatic rings. The molecule has 0 aliphatic rings. The molecule has 0 radical (unpaired) electrons. The predicted octanol–water partition coefficient (Wildman–Crippen LogP) is 10.1. The highest BCUT2D eigenvalue weighted by molar-refractivity contribution is 5.83. The van der Waals surface area contributed by atoms with Crippen molar-refractivity contribution in [1.82, 2.24) is 5.32 Å². The van der Waals surface area contributed by atoms with Crippen LogP contribution < -0.4 is 11.1 Å². The summed E-state index contributed by atoms with van der Waals surface area (Å²) in [6.07, 6.45) is 36.5. The highest BCUT2D eigenvalue weighted by atomic mass is 16.5. The normalized spacial score (nSPS) is 12.9. The Kier molecular flexibility index (Phi) is 32.6. The van der Waals surface area contributed by atoms with Gasteiger partial charge in [0.15, 0.2) is 0 Å². The molecule has 7 nitrogen and oxygen atoms in total. The van der Waals surface area contributed by atoms with Crippen LogP contribution in [0.4, 0.5) is 0 Å². The highest BCUT2D eigenvalue weighted by Gasteiger charge is 2.19. The van der Waals surface area contributed by atoms with E-state index in [1.54, 1.807) is 0 Å². The van der Waals surface area contributed by atoms with Gasteiger partial charge in [0.1, 0.15) is 12.1 Å². The van der Waals surface area contributed by atoms with Crippen LogP contribution in [0.3, 0.4) is 0 Å². The molecule has 46 heavy (non-hydrogen) atoms. The van der Waals surface area contributed by atoms with E-state index in [4.69, 9.17) is 10.5 Å². The lowest BCUT2D eigenvalue weighted by Crippen LogP contribution is -2.40. The number of allylic oxidation sites excluding steroid dienone is 3. The van der Waals surface area contributed by atoms with Gasteiger partial charge in [0.2, 0.25) is 5.91 Å². The van der Waals surface area contributed by atoms with Crippen LogP contribution in [0.25, 0.3) is 0 Å². The summed E-state index contributed by atoms with van der Waals surface area (Å²) in [7, 11) is 0. The Morgan fingerprint density at radius 2 is 1.13 bits per heavy atom. The quantitative estimate of drug-likeness (QED) is 0.0363. The van der Waals surface area contributed by atoms with Crippen LogP contribution in [0.5, 0.6) is 0 Å². The number of unbranched alkanes of at least 4 members (excludes halogenated alkanes) is 18. The fourth-order valence-corrected chi connectivity index (χ4v) is 5.53. The standard InChI is InChI=1S/C39H72N2O5/c1-3-5-7-9-11-13-14-15-17-19-21-27-33-38(43)46-35(29-24-20-18-16-12-10-8-6-4-2)30-25-22-23-26-32-37(42)41-36(39(44)45)31-28-34-40/h11,13,24,29,35-36H,3-10,12,14-23,25-28,30-34,40H2,1-2H3,(H,41,42)(H,44,45)/b13-11-,29-24-. The molecule has 1 amide bonds. The molecule has 7 heteroatoms. The van der Waals surface area contributed by atoms with Gasteiger partial charge in [-0.1, -0.05) is 116 Å². The van der Waals surface area contributed by atoms with E-state index in [1.807, 2.05) is 0 Å². The molecule has 2 atom stereocenters. The first-order valence-electron chi connectivity index (χ1n) is 19.2. The average molecular weight is 649 g/mol. The van der Waals surface area contributed by atoms with Gasteiger partial charge in [-0.2, -0.15) is 0 Å². The first-order valence-corrected chi connectivity index (χ1v) is 19.2. The number of carboxylic acid groups (broad SMARTS) is 1. The molecular weight excluding hydrogens is 576 g/mol. The zero-order valence-corrected chi connectivity index (χ0v) is 29.9. The van der Waals surface area contributed by atoms with E-state index in [-0.39, 0.29) is 18.0 Å². The van der Waals surface area contributed by atoms with Crippen molar-refractivity contribution in [2.45, 2.75) is 199 Å². The van der Waals surface area contributed by atoms with Crippen LogP contribution in [-0.4, -0.2) is 41.6 Å². The summed E-state index contributed by atoms with van der Waals surface area (Å²) in [6.45, 7) is 4.89. The fraction of sp³-hybridized carbons (Fsp3) is 0.821. The Bertz CT molecular complexity index is 782. The minimum atomic E-state index is -1.01. The van der Waals surface area contributed by atoms with Crippen molar-refractivity contribution in [3.05, 3.63) is 24.3 Å². The summed E-state index contributed by atoms with van der Waals surface area (Å²) in [5, 5.41) is 11.9. The first-order chi connectivity index (χ1) is 22.4. The molecule has 4 N–H and O–H groups in total. The second-order valence-electron chi connectivity index (χ2n) is 13.0. The molecule has 2 unspecified atom stereocenters. The van der Waals surface area contributed by atoms with E-state index in [0.29, 0.717) is 38.6 Å². The third-order valence-electron chi connectivity index (χ3n) is 8.47. The van der Waals surface area contributed by atoms with Crippen molar-refractivity contribution < 1.29 is 24.2 Å². The van der Waals surface area contributed by atoms with Crippen molar-refractivity contribution in [2.24, 2.45) is 5.73 Å². The number of esters is 1. The molecule has 0 aromatic carbocycles. The molecule has 0 spiro atoms. The summed E-state index contributed by atoms with van der Waals surface area (Å²) in [6, 6.07) is -0.869. The van der Waals surface area contributed by atoms with Crippen LogP contribution in [-0.2, 0) is 19.1 Å². The van der Waals surface area contributed by atoms with E-state index >= 15 is 0 Å². The number of carbonyl (C=O) groups excluding carboxylic acids is 2. The van der Waals surface area contributed by atoms with E-state index in [9.17, 15) is 19.5 Å². The monoisotopic (exact) mass is 649 g/mol. The molecule has 268 valence electrons. The van der Waals surface area contributed by atoms with Crippen molar-refractivity contribution in [3.63, 3.8) is 0 Å². The minimum absolute atomic E-state index is 0.0973. The summed E-state index contributed by atoms with van der Waals surface area (Å²) >= 11 is 0. The van der Waals surface area contributed by atoms with Crippen LogP contribution in [0.15, 0.2) is 24.3 Å². The molecule has 0 fully saturated rings. The maximum Gasteiger partial charge on any atom is 0.326 e.